The summed E-state index contributed by atoms with van der Waals surface area (Å²) < 4.78 is 18.8. The molecule has 5 heteroatoms. The van der Waals surface area contributed by atoms with Crippen molar-refractivity contribution >= 4 is 0 Å². The molecule has 0 radical (unpaired) electrons. The molecule has 1 atom stereocenters. The molecular weight excluding hydrogens is 245 g/mol. The lowest BCUT2D eigenvalue weighted by Gasteiger charge is -2.18. The van der Waals surface area contributed by atoms with E-state index in [0.29, 0.717) is 18.8 Å². The molecule has 1 heterocycles. The van der Waals surface area contributed by atoms with Gasteiger partial charge < -0.3 is 15.0 Å². The van der Waals surface area contributed by atoms with Crippen LogP contribution in [-0.4, -0.2) is 22.6 Å². The zero-order valence-electron chi connectivity index (χ0n) is 10.9. The van der Waals surface area contributed by atoms with Crippen LogP contribution in [0.4, 0.5) is 4.39 Å². The number of hydrogen-bond acceptors (Lipinski definition) is 3. The Morgan fingerprint density at radius 2 is 2.37 bits per heavy atom. The number of aromatic amines is 1. The van der Waals surface area contributed by atoms with Gasteiger partial charge in [-0.05, 0) is 18.6 Å². The van der Waals surface area contributed by atoms with Gasteiger partial charge in [-0.25, -0.2) is 9.37 Å². The number of nitrogens with one attached hydrogen (secondary N) is 2. The fourth-order valence-corrected chi connectivity index (χ4v) is 1.75. The summed E-state index contributed by atoms with van der Waals surface area (Å²) in [6.45, 7) is 3.39. The number of rotatable bonds is 7. The third-order valence-electron chi connectivity index (χ3n) is 2.77. The van der Waals surface area contributed by atoms with Crippen molar-refractivity contribution in [2.24, 2.45) is 0 Å². The zero-order valence-corrected chi connectivity index (χ0v) is 10.9. The molecule has 4 nitrogen and oxygen atoms in total. The van der Waals surface area contributed by atoms with Gasteiger partial charge in [0.25, 0.3) is 0 Å². The van der Waals surface area contributed by atoms with Gasteiger partial charge in [0, 0.05) is 25.0 Å². The Morgan fingerprint density at radius 1 is 1.47 bits per heavy atom. The van der Waals surface area contributed by atoms with Crippen LogP contribution in [0.5, 0.6) is 5.75 Å². The Bertz CT molecular complexity index is 487. The molecule has 1 aromatic heterocycles. The van der Waals surface area contributed by atoms with Gasteiger partial charge in [0.2, 0.25) is 0 Å². The fraction of sp³-hybridized carbons (Fsp3) is 0.357. The van der Waals surface area contributed by atoms with Crippen LogP contribution in [0, 0.1) is 5.82 Å². The normalized spacial score (nSPS) is 12.3. The van der Waals surface area contributed by atoms with Crippen molar-refractivity contribution in [3.05, 3.63) is 48.3 Å². The number of halogens is 1. The first-order chi connectivity index (χ1) is 9.28. The quantitative estimate of drug-likeness (QED) is 0.807. The molecule has 0 aliphatic rings. The predicted molar refractivity (Wildman–Crippen MR) is 71.4 cm³/mol. The van der Waals surface area contributed by atoms with Crippen molar-refractivity contribution in [3.8, 4) is 5.75 Å². The summed E-state index contributed by atoms with van der Waals surface area (Å²) in [6, 6.07) is 6.21. The van der Waals surface area contributed by atoms with Gasteiger partial charge in [-0.15, -0.1) is 0 Å². The Balaban J connectivity index is 1.80. The van der Waals surface area contributed by atoms with E-state index in [-0.39, 0.29) is 11.9 Å². The molecule has 0 bridgehead atoms. The summed E-state index contributed by atoms with van der Waals surface area (Å²) in [4.78, 5) is 7.15. The van der Waals surface area contributed by atoms with E-state index in [2.05, 4.69) is 15.3 Å². The topological polar surface area (TPSA) is 49.9 Å². The number of aromatic nitrogens is 2. The van der Waals surface area contributed by atoms with Crippen molar-refractivity contribution < 1.29 is 9.13 Å². The molecule has 0 saturated carbocycles. The monoisotopic (exact) mass is 263 g/mol. The van der Waals surface area contributed by atoms with E-state index < -0.39 is 0 Å². The maximum Gasteiger partial charge on any atom is 0.126 e. The molecule has 102 valence electrons. The molecule has 1 aromatic carbocycles. The minimum atomic E-state index is -0.282. The van der Waals surface area contributed by atoms with Crippen LogP contribution in [0.1, 0.15) is 19.2 Å². The Morgan fingerprint density at radius 3 is 3.05 bits per heavy atom. The van der Waals surface area contributed by atoms with E-state index >= 15 is 0 Å². The summed E-state index contributed by atoms with van der Waals surface area (Å²) in [6.07, 6.45) is 4.37. The summed E-state index contributed by atoms with van der Waals surface area (Å²) in [7, 11) is 0. The van der Waals surface area contributed by atoms with E-state index in [1.54, 1.807) is 24.5 Å². The molecule has 2 aromatic rings. The molecule has 2 N–H and O–H groups in total. The van der Waals surface area contributed by atoms with Gasteiger partial charge >= 0.3 is 0 Å². The minimum Gasteiger partial charge on any atom is -0.489 e. The van der Waals surface area contributed by atoms with E-state index in [4.69, 9.17) is 4.74 Å². The maximum atomic E-state index is 13.1. The van der Waals surface area contributed by atoms with Crippen molar-refractivity contribution in [3.63, 3.8) is 0 Å². The highest BCUT2D eigenvalue weighted by atomic mass is 19.1. The van der Waals surface area contributed by atoms with E-state index in [1.165, 1.54) is 12.1 Å². The third kappa shape index (κ3) is 4.37. The lowest BCUT2D eigenvalue weighted by molar-refractivity contribution is 0.192. The van der Waals surface area contributed by atoms with Gasteiger partial charge in [0.1, 0.15) is 23.5 Å². The summed E-state index contributed by atoms with van der Waals surface area (Å²) in [5.41, 5.74) is 0. The molecule has 19 heavy (non-hydrogen) atoms. The van der Waals surface area contributed by atoms with Crippen molar-refractivity contribution in [1.82, 2.24) is 15.3 Å². The largest absolute Gasteiger partial charge is 0.489 e. The van der Waals surface area contributed by atoms with Gasteiger partial charge in [-0.1, -0.05) is 13.0 Å². The highest BCUT2D eigenvalue weighted by molar-refractivity contribution is 5.22. The zero-order chi connectivity index (χ0) is 13.5. The van der Waals surface area contributed by atoms with Crippen LogP contribution in [0.2, 0.25) is 0 Å². The molecule has 0 saturated heterocycles. The molecule has 0 spiro atoms. The number of hydrogen-bond donors (Lipinski definition) is 2. The average molecular weight is 263 g/mol. The second-order valence-corrected chi connectivity index (χ2v) is 4.27. The maximum absolute atomic E-state index is 13.1. The van der Waals surface area contributed by atoms with Crippen LogP contribution in [0.25, 0.3) is 0 Å². The highest BCUT2D eigenvalue weighted by Gasteiger charge is 2.08. The molecule has 0 aliphatic carbocycles. The Labute approximate surface area is 112 Å². The van der Waals surface area contributed by atoms with E-state index in [9.17, 15) is 4.39 Å². The van der Waals surface area contributed by atoms with Gasteiger partial charge in [0.15, 0.2) is 0 Å². The molecule has 0 aliphatic heterocycles. The van der Waals surface area contributed by atoms with Crippen LogP contribution >= 0.6 is 0 Å². The fourth-order valence-electron chi connectivity index (χ4n) is 1.75. The van der Waals surface area contributed by atoms with Crippen LogP contribution in [0.3, 0.4) is 0 Å². The lowest BCUT2D eigenvalue weighted by atomic mass is 10.2. The van der Waals surface area contributed by atoms with E-state index in [0.717, 1.165) is 12.2 Å². The Hall–Kier alpha value is -1.88. The van der Waals surface area contributed by atoms with Crippen LogP contribution < -0.4 is 10.1 Å². The number of benzene rings is 1. The minimum absolute atomic E-state index is 0.0109. The summed E-state index contributed by atoms with van der Waals surface area (Å²) >= 11 is 0. The number of ether oxygens (including phenoxy) is 1. The molecule has 0 fully saturated rings. The first-order valence-corrected chi connectivity index (χ1v) is 6.39. The standard InChI is InChI=1S/C14H18FN3O/c1-2-12(9-16-10-14-17-6-7-18-14)19-13-5-3-4-11(15)8-13/h3-8,12,16H,2,9-10H2,1H3,(H,17,18)/t12-/m0/s1. The SMILES string of the molecule is CC[C@@H](CNCc1ncc[nH]1)Oc1cccc(F)c1. The molecule has 0 unspecified atom stereocenters. The molecule has 2 rings (SSSR count). The number of nitrogens with zero attached hydrogens (tertiary/aromatic N) is 1. The first-order valence-electron chi connectivity index (χ1n) is 6.39. The van der Waals surface area contributed by atoms with E-state index in [1.807, 2.05) is 6.92 Å². The second-order valence-electron chi connectivity index (χ2n) is 4.27. The van der Waals surface area contributed by atoms with Gasteiger partial charge in [-0.2, -0.15) is 0 Å². The van der Waals surface area contributed by atoms with Gasteiger partial charge in [0.05, 0.1) is 6.54 Å². The second kappa shape index (κ2) is 6.89. The van der Waals surface area contributed by atoms with Crippen LogP contribution in [0.15, 0.2) is 36.7 Å². The molecule has 0 amide bonds. The van der Waals surface area contributed by atoms with Crippen molar-refractivity contribution in [1.29, 1.82) is 0 Å². The van der Waals surface area contributed by atoms with Crippen molar-refractivity contribution in [2.45, 2.75) is 26.0 Å². The summed E-state index contributed by atoms with van der Waals surface area (Å²) in [5, 5.41) is 3.26. The first kappa shape index (κ1) is 13.5. The Kier molecular flexibility index (Phi) is 4.92. The summed E-state index contributed by atoms with van der Waals surface area (Å²) in [5.74, 6) is 1.17. The highest BCUT2D eigenvalue weighted by Crippen LogP contribution is 2.14. The van der Waals surface area contributed by atoms with Crippen LogP contribution in [-0.2, 0) is 6.54 Å². The molecular formula is C14H18FN3O. The number of H-pyrrole nitrogens is 1. The van der Waals surface area contributed by atoms with Gasteiger partial charge in [-0.3, -0.25) is 0 Å². The lowest BCUT2D eigenvalue weighted by Crippen LogP contribution is -2.30. The number of imidazole rings is 1. The average Bonchev–Trinajstić information content (AvgIpc) is 2.91. The van der Waals surface area contributed by atoms with Crippen molar-refractivity contribution in [2.75, 3.05) is 6.54 Å². The smallest absolute Gasteiger partial charge is 0.126 e. The predicted octanol–water partition coefficient (Wildman–Crippen LogP) is 2.50. The third-order valence-corrected chi connectivity index (χ3v) is 2.77.